The molecule has 0 fully saturated rings. The maximum Gasteiger partial charge on any atom is 0.332 e. The summed E-state index contributed by atoms with van der Waals surface area (Å²) < 4.78 is 5.05. The van der Waals surface area contributed by atoms with Crippen LogP contribution < -0.4 is 15.9 Å². The molecule has 1 rings (SSSR count). The summed E-state index contributed by atoms with van der Waals surface area (Å²) in [7, 11) is 1.62. The third kappa shape index (κ3) is 4.83. The maximum atomic E-state index is 10.4. The fourth-order valence-corrected chi connectivity index (χ4v) is 1.11. The first-order valence-corrected chi connectivity index (χ1v) is 5.03. The Bertz CT molecular complexity index is 436. The van der Waals surface area contributed by atoms with E-state index in [0.717, 1.165) is 11.3 Å². The average molecular weight is 233 g/mol. The van der Waals surface area contributed by atoms with Crippen molar-refractivity contribution in [1.29, 1.82) is 0 Å². The number of nitrogens with two attached hydrogens (primary N) is 1. The Morgan fingerprint density at radius 2 is 2.06 bits per heavy atom. The Kier molecular flexibility index (Phi) is 4.75. The van der Waals surface area contributed by atoms with Gasteiger partial charge < -0.3 is 10.5 Å². The Balaban J connectivity index is 2.63. The quantitative estimate of drug-likeness (QED) is 0.614. The Morgan fingerprint density at radius 1 is 1.41 bits per heavy atom. The first kappa shape index (κ1) is 12.8. The van der Waals surface area contributed by atoms with Crippen molar-refractivity contribution in [2.75, 3.05) is 7.11 Å². The molecule has 3 N–H and O–H groups in total. The highest BCUT2D eigenvalue weighted by Crippen LogP contribution is 2.12. The number of hydrogen-bond acceptors (Lipinski definition) is 3. The summed E-state index contributed by atoms with van der Waals surface area (Å²) in [5.74, 6) is 0.808. The molecule has 1 aromatic rings. The standard InChI is InChI=1S/C12H15N3O2/c1-9(14-15-12(13)16)3-4-10-5-7-11(17-2)8-6-10/h3-8H,1-2H3,(H3,13,15,16)/b4-3+,14-9-. The van der Waals surface area contributed by atoms with E-state index in [4.69, 9.17) is 10.5 Å². The number of allylic oxidation sites excluding steroid dienone is 1. The Labute approximate surface area is 100.0 Å². The zero-order valence-electron chi connectivity index (χ0n) is 9.81. The van der Waals surface area contributed by atoms with Gasteiger partial charge in [0.25, 0.3) is 0 Å². The molecule has 0 saturated carbocycles. The molecule has 0 spiro atoms. The maximum absolute atomic E-state index is 10.4. The van der Waals surface area contributed by atoms with Gasteiger partial charge in [0.2, 0.25) is 0 Å². The molecule has 90 valence electrons. The molecular formula is C12H15N3O2. The van der Waals surface area contributed by atoms with Crippen LogP contribution in [0.2, 0.25) is 0 Å². The van der Waals surface area contributed by atoms with Crippen LogP contribution in [0.3, 0.4) is 0 Å². The van der Waals surface area contributed by atoms with Gasteiger partial charge in [0.1, 0.15) is 5.75 Å². The summed E-state index contributed by atoms with van der Waals surface area (Å²) in [6.07, 6.45) is 3.65. The summed E-state index contributed by atoms with van der Waals surface area (Å²) in [6, 6.07) is 6.90. The number of ether oxygens (including phenoxy) is 1. The topological polar surface area (TPSA) is 76.7 Å². The van der Waals surface area contributed by atoms with Crippen molar-refractivity contribution in [3.05, 3.63) is 35.9 Å². The van der Waals surface area contributed by atoms with Gasteiger partial charge in [0, 0.05) is 0 Å². The first-order chi connectivity index (χ1) is 8.11. The molecule has 0 aromatic heterocycles. The highest BCUT2D eigenvalue weighted by atomic mass is 16.5. The molecule has 0 unspecified atom stereocenters. The van der Waals surface area contributed by atoms with E-state index in [1.807, 2.05) is 30.3 Å². The van der Waals surface area contributed by atoms with Gasteiger partial charge in [-0.05, 0) is 30.7 Å². The summed E-state index contributed by atoms with van der Waals surface area (Å²) in [5, 5.41) is 3.75. The van der Waals surface area contributed by atoms with Gasteiger partial charge in [0.05, 0.1) is 12.8 Å². The number of urea groups is 1. The molecule has 0 heterocycles. The van der Waals surface area contributed by atoms with Gasteiger partial charge in [-0.2, -0.15) is 5.10 Å². The third-order valence-electron chi connectivity index (χ3n) is 1.98. The van der Waals surface area contributed by atoms with Crippen LogP contribution in [0.5, 0.6) is 5.75 Å². The lowest BCUT2D eigenvalue weighted by Gasteiger charge is -1.99. The van der Waals surface area contributed by atoms with Gasteiger partial charge in [0.15, 0.2) is 0 Å². The molecule has 0 atom stereocenters. The molecule has 0 radical (unpaired) electrons. The van der Waals surface area contributed by atoms with Gasteiger partial charge in [-0.15, -0.1) is 0 Å². The monoisotopic (exact) mass is 233 g/mol. The van der Waals surface area contributed by atoms with E-state index >= 15 is 0 Å². The van der Waals surface area contributed by atoms with E-state index < -0.39 is 6.03 Å². The zero-order valence-corrected chi connectivity index (χ0v) is 9.81. The van der Waals surface area contributed by atoms with E-state index in [1.165, 1.54) is 0 Å². The number of primary amides is 1. The van der Waals surface area contributed by atoms with Gasteiger partial charge in [-0.3, -0.25) is 0 Å². The number of methoxy groups -OCH3 is 1. The lowest BCUT2D eigenvalue weighted by atomic mass is 10.2. The summed E-state index contributed by atoms with van der Waals surface area (Å²) in [4.78, 5) is 10.4. The van der Waals surface area contributed by atoms with Crippen molar-refractivity contribution in [2.45, 2.75) is 6.92 Å². The number of nitrogens with one attached hydrogen (secondary N) is 1. The van der Waals surface area contributed by atoms with E-state index in [1.54, 1.807) is 20.1 Å². The highest BCUT2D eigenvalue weighted by Gasteiger charge is 1.91. The van der Waals surface area contributed by atoms with Crippen molar-refractivity contribution in [3.63, 3.8) is 0 Å². The number of carbonyl (C=O) groups excluding carboxylic acids is 1. The molecule has 1 aromatic carbocycles. The van der Waals surface area contributed by atoms with E-state index in [0.29, 0.717) is 5.71 Å². The van der Waals surface area contributed by atoms with Crippen LogP contribution in [0.4, 0.5) is 4.79 Å². The zero-order chi connectivity index (χ0) is 12.7. The minimum absolute atomic E-state index is 0.652. The molecule has 5 nitrogen and oxygen atoms in total. The predicted molar refractivity (Wildman–Crippen MR) is 67.9 cm³/mol. The van der Waals surface area contributed by atoms with E-state index in [2.05, 4.69) is 10.5 Å². The molecule has 0 saturated heterocycles. The first-order valence-electron chi connectivity index (χ1n) is 5.03. The molecule has 5 heteroatoms. The number of carbonyl (C=O) groups is 1. The van der Waals surface area contributed by atoms with Gasteiger partial charge in [-0.25, -0.2) is 10.2 Å². The lowest BCUT2D eigenvalue weighted by molar-refractivity contribution is 0.249. The minimum atomic E-state index is -0.679. The third-order valence-corrected chi connectivity index (χ3v) is 1.98. The lowest BCUT2D eigenvalue weighted by Crippen LogP contribution is -2.25. The number of hydrogen-bond donors (Lipinski definition) is 2. The second kappa shape index (κ2) is 6.32. The normalized spacial score (nSPS) is 11.5. The number of nitrogens with zero attached hydrogens (tertiary/aromatic N) is 1. The average Bonchev–Trinajstić information content (AvgIpc) is 2.34. The number of rotatable bonds is 4. The summed E-state index contributed by atoms with van der Waals surface area (Å²) in [5.41, 5.74) is 8.71. The van der Waals surface area contributed by atoms with Crippen LogP contribution in [-0.4, -0.2) is 18.9 Å². The summed E-state index contributed by atoms with van der Waals surface area (Å²) >= 11 is 0. The second-order valence-corrected chi connectivity index (χ2v) is 3.34. The largest absolute Gasteiger partial charge is 0.497 e. The molecule has 0 bridgehead atoms. The smallest absolute Gasteiger partial charge is 0.332 e. The molecule has 17 heavy (non-hydrogen) atoms. The number of amides is 2. The van der Waals surface area contributed by atoms with Gasteiger partial charge in [-0.1, -0.05) is 18.2 Å². The van der Waals surface area contributed by atoms with Crippen molar-refractivity contribution in [3.8, 4) is 5.75 Å². The molecule has 2 amide bonds. The molecule has 0 aliphatic heterocycles. The second-order valence-electron chi connectivity index (χ2n) is 3.34. The van der Waals surface area contributed by atoms with Crippen molar-refractivity contribution in [2.24, 2.45) is 10.8 Å². The SMILES string of the molecule is COc1ccc(/C=C/C(C)=N\NC(N)=O)cc1. The van der Waals surface area contributed by atoms with Crippen LogP contribution in [0.25, 0.3) is 6.08 Å². The van der Waals surface area contributed by atoms with Crippen LogP contribution >= 0.6 is 0 Å². The predicted octanol–water partition coefficient (Wildman–Crippen LogP) is 1.75. The number of hydrazone groups is 1. The molecule has 0 aliphatic carbocycles. The minimum Gasteiger partial charge on any atom is -0.497 e. The number of benzene rings is 1. The van der Waals surface area contributed by atoms with Crippen molar-refractivity contribution in [1.82, 2.24) is 5.43 Å². The fourth-order valence-electron chi connectivity index (χ4n) is 1.11. The van der Waals surface area contributed by atoms with Crippen LogP contribution in [-0.2, 0) is 0 Å². The van der Waals surface area contributed by atoms with E-state index in [-0.39, 0.29) is 0 Å². The van der Waals surface area contributed by atoms with Crippen LogP contribution in [0.15, 0.2) is 35.4 Å². The van der Waals surface area contributed by atoms with E-state index in [9.17, 15) is 4.79 Å². The van der Waals surface area contributed by atoms with Crippen molar-refractivity contribution < 1.29 is 9.53 Å². The highest BCUT2D eigenvalue weighted by molar-refractivity contribution is 5.96. The molecule has 0 aliphatic rings. The Morgan fingerprint density at radius 3 is 2.59 bits per heavy atom. The molecular weight excluding hydrogens is 218 g/mol. The van der Waals surface area contributed by atoms with Crippen LogP contribution in [0.1, 0.15) is 12.5 Å². The van der Waals surface area contributed by atoms with Crippen molar-refractivity contribution >= 4 is 17.8 Å². The summed E-state index contributed by atoms with van der Waals surface area (Å²) in [6.45, 7) is 1.76. The van der Waals surface area contributed by atoms with Crippen LogP contribution in [0, 0.1) is 0 Å². The fraction of sp³-hybridized carbons (Fsp3) is 0.167. The Hall–Kier alpha value is -2.30. The van der Waals surface area contributed by atoms with Gasteiger partial charge >= 0.3 is 6.03 Å².